The van der Waals surface area contributed by atoms with E-state index in [1.165, 1.54) is 11.1 Å². The minimum atomic E-state index is 0.137. The molecule has 0 radical (unpaired) electrons. The fourth-order valence-corrected chi connectivity index (χ4v) is 3.53. The SMILES string of the molecule is Cc1ccc([C@H]2C[C@H](c3ccc4c(c3)OCO4)Nc3ncnn32)cc1. The highest BCUT2D eigenvalue weighted by atomic mass is 16.7. The number of hydrogen-bond donors (Lipinski definition) is 1. The van der Waals surface area contributed by atoms with Gasteiger partial charge in [0, 0.05) is 0 Å². The topological polar surface area (TPSA) is 61.2 Å². The number of hydrogen-bond acceptors (Lipinski definition) is 5. The van der Waals surface area contributed by atoms with Gasteiger partial charge in [-0.25, -0.2) is 4.68 Å². The number of aromatic nitrogens is 3. The molecule has 0 spiro atoms. The molecule has 0 bridgehead atoms. The van der Waals surface area contributed by atoms with Gasteiger partial charge >= 0.3 is 0 Å². The first kappa shape index (κ1) is 14.3. The molecular formula is C19H18N4O2. The minimum absolute atomic E-state index is 0.137. The van der Waals surface area contributed by atoms with E-state index in [1.54, 1.807) is 6.33 Å². The summed E-state index contributed by atoms with van der Waals surface area (Å²) < 4.78 is 12.9. The summed E-state index contributed by atoms with van der Waals surface area (Å²) in [7, 11) is 0. The van der Waals surface area contributed by atoms with Crippen molar-refractivity contribution in [1.82, 2.24) is 14.8 Å². The number of rotatable bonds is 2. The molecule has 6 heteroatoms. The van der Waals surface area contributed by atoms with Gasteiger partial charge in [0.2, 0.25) is 12.7 Å². The molecule has 2 aliphatic rings. The van der Waals surface area contributed by atoms with Crippen LogP contribution in [0.1, 0.15) is 35.2 Å². The van der Waals surface area contributed by atoms with Crippen molar-refractivity contribution in [3.8, 4) is 11.5 Å². The Labute approximate surface area is 145 Å². The van der Waals surface area contributed by atoms with Crippen LogP contribution < -0.4 is 14.8 Å². The number of aryl methyl sites for hydroxylation is 1. The Hall–Kier alpha value is -3.02. The largest absolute Gasteiger partial charge is 0.454 e. The number of nitrogens with one attached hydrogen (secondary N) is 1. The molecule has 0 saturated carbocycles. The molecule has 0 unspecified atom stereocenters. The maximum absolute atomic E-state index is 5.53. The zero-order chi connectivity index (χ0) is 16.8. The first-order chi connectivity index (χ1) is 12.3. The predicted molar refractivity (Wildman–Crippen MR) is 92.9 cm³/mol. The highest BCUT2D eigenvalue weighted by Gasteiger charge is 2.30. The summed E-state index contributed by atoms with van der Waals surface area (Å²) in [5.41, 5.74) is 3.66. The van der Waals surface area contributed by atoms with Crippen LogP contribution in [0.5, 0.6) is 11.5 Å². The maximum atomic E-state index is 5.53. The highest BCUT2D eigenvalue weighted by Crippen LogP contribution is 2.40. The number of benzene rings is 2. The minimum Gasteiger partial charge on any atom is -0.454 e. The first-order valence-electron chi connectivity index (χ1n) is 8.40. The van der Waals surface area contributed by atoms with Crippen molar-refractivity contribution in [3.63, 3.8) is 0 Å². The molecule has 0 amide bonds. The Morgan fingerprint density at radius 3 is 2.72 bits per heavy atom. The Balaban J connectivity index is 1.52. The second kappa shape index (κ2) is 5.51. The van der Waals surface area contributed by atoms with Crippen molar-refractivity contribution < 1.29 is 9.47 Å². The van der Waals surface area contributed by atoms with Crippen LogP contribution in [0, 0.1) is 6.92 Å². The van der Waals surface area contributed by atoms with Gasteiger partial charge in [0.25, 0.3) is 0 Å². The molecule has 2 atom stereocenters. The maximum Gasteiger partial charge on any atom is 0.231 e. The van der Waals surface area contributed by atoms with Gasteiger partial charge in [-0.3, -0.25) is 0 Å². The van der Waals surface area contributed by atoms with E-state index in [0.29, 0.717) is 0 Å². The monoisotopic (exact) mass is 334 g/mol. The molecule has 3 aromatic rings. The van der Waals surface area contributed by atoms with Gasteiger partial charge in [0.15, 0.2) is 11.5 Å². The molecule has 2 aliphatic heterocycles. The molecule has 126 valence electrons. The number of nitrogens with zero attached hydrogens (tertiary/aromatic N) is 3. The lowest BCUT2D eigenvalue weighted by Gasteiger charge is -2.32. The summed E-state index contributed by atoms with van der Waals surface area (Å²) in [5.74, 6) is 2.40. The van der Waals surface area contributed by atoms with E-state index in [9.17, 15) is 0 Å². The van der Waals surface area contributed by atoms with Gasteiger partial charge in [-0.1, -0.05) is 35.9 Å². The summed E-state index contributed by atoms with van der Waals surface area (Å²) in [6.07, 6.45) is 2.49. The summed E-state index contributed by atoms with van der Waals surface area (Å²) in [4.78, 5) is 4.38. The molecule has 2 aromatic carbocycles. The Morgan fingerprint density at radius 1 is 1.04 bits per heavy atom. The summed E-state index contributed by atoms with van der Waals surface area (Å²) >= 11 is 0. The third-order valence-corrected chi connectivity index (χ3v) is 4.89. The third-order valence-electron chi connectivity index (χ3n) is 4.89. The highest BCUT2D eigenvalue weighted by molar-refractivity contribution is 5.47. The van der Waals surface area contributed by atoms with E-state index < -0.39 is 0 Å². The Morgan fingerprint density at radius 2 is 1.84 bits per heavy atom. The molecule has 1 N–H and O–H groups in total. The van der Waals surface area contributed by atoms with Crippen LogP contribution in [-0.2, 0) is 0 Å². The van der Waals surface area contributed by atoms with E-state index in [-0.39, 0.29) is 18.9 Å². The summed E-state index contributed by atoms with van der Waals surface area (Å²) in [6.45, 7) is 2.39. The lowest BCUT2D eigenvalue weighted by atomic mass is 9.93. The molecule has 5 rings (SSSR count). The van der Waals surface area contributed by atoms with E-state index >= 15 is 0 Å². The smallest absolute Gasteiger partial charge is 0.231 e. The van der Waals surface area contributed by atoms with Crippen LogP contribution in [0.3, 0.4) is 0 Å². The van der Waals surface area contributed by atoms with Crippen molar-refractivity contribution in [1.29, 1.82) is 0 Å². The lowest BCUT2D eigenvalue weighted by Crippen LogP contribution is -2.28. The number of ether oxygens (including phenoxy) is 2. The van der Waals surface area contributed by atoms with Crippen molar-refractivity contribution >= 4 is 5.95 Å². The summed E-state index contributed by atoms with van der Waals surface area (Å²) in [6, 6.07) is 15.0. The molecule has 0 aliphatic carbocycles. The zero-order valence-electron chi connectivity index (χ0n) is 13.8. The molecular weight excluding hydrogens is 316 g/mol. The van der Waals surface area contributed by atoms with Crippen molar-refractivity contribution in [2.75, 3.05) is 12.1 Å². The van der Waals surface area contributed by atoms with Crippen LogP contribution in [0.2, 0.25) is 0 Å². The molecule has 0 fully saturated rings. The normalized spacial score (nSPS) is 20.8. The fourth-order valence-electron chi connectivity index (χ4n) is 3.53. The van der Waals surface area contributed by atoms with Crippen LogP contribution in [-0.4, -0.2) is 21.6 Å². The quantitative estimate of drug-likeness (QED) is 0.778. The van der Waals surface area contributed by atoms with Gasteiger partial charge in [-0.15, -0.1) is 0 Å². The van der Waals surface area contributed by atoms with Crippen LogP contribution in [0.25, 0.3) is 0 Å². The number of anilines is 1. The summed E-state index contributed by atoms with van der Waals surface area (Å²) in [5, 5.41) is 7.91. The molecule has 6 nitrogen and oxygen atoms in total. The van der Waals surface area contributed by atoms with E-state index in [2.05, 4.69) is 58.7 Å². The first-order valence-corrected chi connectivity index (χ1v) is 8.40. The average molecular weight is 334 g/mol. The lowest BCUT2D eigenvalue weighted by molar-refractivity contribution is 0.174. The standard InChI is InChI=1S/C19H18N4O2/c1-12-2-4-13(5-3-12)16-9-15(22-19-20-10-21-23(16)19)14-6-7-17-18(8-14)25-11-24-17/h2-8,10,15-16H,9,11H2,1H3,(H,20,21,22)/t15-,16-/m1/s1. The van der Waals surface area contributed by atoms with Crippen LogP contribution >= 0.6 is 0 Å². The van der Waals surface area contributed by atoms with Gasteiger partial charge in [0.1, 0.15) is 6.33 Å². The van der Waals surface area contributed by atoms with E-state index in [1.807, 2.05) is 10.7 Å². The Bertz CT molecular complexity index is 919. The van der Waals surface area contributed by atoms with Crippen LogP contribution in [0.15, 0.2) is 48.8 Å². The third kappa shape index (κ3) is 2.41. The van der Waals surface area contributed by atoms with E-state index in [4.69, 9.17) is 9.47 Å². The van der Waals surface area contributed by atoms with Crippen molar-refractivity contribution in [3.05, 3.63) is 65.5 Å². The molecule has 1 aromatic heterocycles. The molecule has 3 heterocycles. The average Bonchev–Trinajstić information content (AvgIpc) is 3.29. The number of fused-ring (bicyclic) bond motifs is 2. The Kier molecular flexibility index (Phi) is 3.16. The van der Waals surface area contributed by atoms with Gasteiger partial charge < -0.3 is 14.8 Å². The van der Waals surface area contributed by atoms with Gasteiger partial charge in [-0.2, -0.15) is 10.1 Å². The van der Waals surface area contributed by atoms with Crippen LogP contribution in [0.4, 0.5) is 5.95 Å². The fraction of sp³-hybridized carbons (Fsp3) is 0.263. The van der Waals surface area contributed by atoms with Gasteiger partial charge in [0.05, 0.1) is 12.1 Å². The van der Waals surface area contributed by atoms with Crippen molar-refractivity contribution in [2.45, 2.75) is 25.4 Å². The predicted octanol–water partition coefficient (Wildman–Crippen LogP) is 3.46. The van der Waals surface area contributed by atoms with Crippen molar-refractivity contribution in [2.24, 2.45) is 0 Å². The molecule has 0 saturated heterocycles. The van der Waals surface area contributed by atoms with Gasteiger partial charge in [-0.05, 0) is 36.6 Å². The van der Waals surface area contributed by atoms with E-state index in [0.717, 1.165) is 29.4 Å². The zero-order valence-corrected chi connectivity index (χ0v) is 13.8. The second-order valence-electron chi connectivity index (χ2n) is 6.50. The second-order valence-corrected chi connectivity index (χ2v) is 6.50. The molecule has 25 heavy (non-hydrogen) atoms.